The number of nitrogens with one attached hydrogen (secondary N) is 1. The number of amides is 1. The Morgan fingerprint density at radius 3 is 1.39 bits per heavy atom. The fourth-order valence-corrected chi connectivity index (χ4v) is 7.71. The van der Waals surface area contributed by atoms with Gasteiger partial charge in [-0.15, -0.1) is 33.6 Å². The minimum atomic E-state index is -0.432. The number of ether oxygens (including phenoxy) is 6. The van der Waals surface area contributed by atoms with Crippen molar-refractivity contribution in [2.24, 2.45) is 0 Å². The van der Waals surface area contributed by atoms with E-state index in [2.05, 4.69) is 68.8 Å². The average molecular weight is 1080 g/mol. The summed E-state index contributed by atoms with van der Waals surface area (Å²) in [5.74, 6) is 1.75. The van der Waals surface area contributed by atoms with Gasteiger partial charge in [0.15, 0.2) is 11.6 Å². The van der Waals surface area contributed by atoms with E-state index in [1.807, 2.05) is 0 Å². The topological polar surface area (TPSA) is 243 Å². The molecule has 0 aliphatic carbocycles. The Bertz CT molecular complexity index is 3250. The number of hydrogen-bond donors (Lipinski definition) is 2. The van der Waals surface area contributed by atoms with Gasteiger partial charge in [0.05, 0.1) is 113 Å². The van der Waals surface area contributed by atoms with Crippen LogP contribution in [0, 0.1) is 0 Å². The molecular weight excluding hydrogens is 1040 g/mol. The third kappa shape index (κ3) is 10.9. The number of carbonyl (C=O) groups excluding carboxylic acids is 1. The number of aromatic nitrogens is 12. The van der Waals surface area contributed by atoms with Gasteiger partial charge in [-0.05, 0) is 18.2 Å². The second kappa shape index (κ2) is 23.8. The summed E-state index contributed by atoms with van der Waals surface area (Å²) in [5.41, 5.74) is 3.64. The Morgan fingerprint density at radius 1 is 0.586 bits per heavy atom. The Labute approximate surface area is 428 Å². The highest BCUT2D eigenvalue weighted by Gasteiger charge is 2.25. The highest BCUT2D eigenvalue weighted by Crippen LogP contribution is 2.42. The molecule has 0 saturated heterocycles. The molecule has 366 valence electrons. The van der Waals surface area contributed by atoms with Gasteiger partial charge in [-0.3, -0.25) is 4.79 Å². The average Bonchev–Trinajstić information content (AvgIpc) is 4.03. The van der Waals surface area contributed by atoms with Crippen LogP contribution in [0.2, 0.25) is 30.1 Å². The molecule has 5 aromatic heterocycles. The summed E-state index contributed by atoms with van der Waals surface area (Å²) >= 11 is 37.5. The van der Waals surface area contributed by atoms with Gasteiger partial charge in [0, 0.05) is 19.6 Å². The van der Waals surface area contributed by atoms with Gasteiger partial charge in [-0.25, -0.2) is 29.9 Å². The zero-order valence-electron chi connectivity index (χ0n) is 37.7. The summed E-state index contributed by atoms with van der Waals surface area (Å²) < 4.78 is 34.4. The number of benzene rings is 3. The number of fused-ring (bicyclic) bond motifs is 3. The molecule has 70 heavy (non-hydrogen) atoms. The Balaban J connectivity index is 0.000000172. The van der Waals surface area contributed by atoms with Crippen LogP contribution >= 0.6 is 69.6 Å². The Morgan fingerprint density at radius 2 is 0.971 bits per heavy atom. The summed E-state index contributed by atoms with van der Waals surface area (Å²) in [6.07, 6.45) is 6.34. The zero-order chi connectivity index (χ0) is 50.8. The maximum atomic E-state index is 12.3. The molecule has 0 aliphatic heterocycles. The standard InChI is InChI=1S/C15H13Cl2N5O2.C14H13Cl2N5O3.C14H13Cl2N3O3/c1-4-5-22-7-18-21-13(22)10-11(17)8(16)6-9-12(10)20-15(24-3)14(19-9)23-2;1-23-13-14(24-2)19-11-8(18-13)5-7(15)10(16)9(11)12-20-17-6-21(12)3-4-22;1-4-5-17-12(20)9-10(16)7(15)6-8-11(9)19-14(22-3)13(18-8)21-2/h4,6-7H,1,5H2,2-3H3;5-6,22H,3-4H2,1-2H3;4,6H,1,5H2,2-3H3,(H,17,20). The lowest BCUT2D eigenvalue weighted by Crippen LogP contribution is -2.24. The lowest BCUT2D eigenvalue weighted by molar-refractivity contribution is 0.0959. The van der Waals surface area contributed by atoms with E-state index in [0.29, 0.717) is 78.5 Å². The van der Waals surface area contributed by atoms with Crippen molar-refractivity contribution in [1.29, 1.82) is 0 Å². The second-order valence-electron chi connectivity index (χ2n) is 13.6. The molecule has 0 spiro atoms. The van der Waals surface area contributed by atoms with E-state index in [0.717, 1.165) is 0 Å². The highest BCUT2D eigenvalue weighted by molar-refractivity contribution is 6.46. The smallest absolute Gasteiger partial charge is 0.278 e. The van der Waals surface area contributed by atoms with Crippen LogP contribution in [-0.2, 0) is 13.1 Å². The van der Waals surface area contributed by atoms with Crippen LogP contribution in [0.1, 0.15) is 10.4 Å². The van der Waals surface area contributed by atoms with Crippen LogP contribution < -0.4 is 33.7 Å². The molecule has 27 heteroatoms. The predicted molar refractivity (Wildman–Crippen MR) is 266 cm³/mol. The Hall–Kier alpha value is -6.59. The number of aliphatic hydroxyl groups excluding tert-OH is 1. The van der Waals surface area contributed by atoms with E-state index in [9.17, 15) is 9.90 Å². The Kier molecular flexibility index (Phi) is 18.0. The number of aliphatic hydroxyl groups is 1. The normalized spacial score (nSPS) is 10.8. The quantitative estimate of drug-likeness (QED) is 0.0914. The van der Waals surface area contributed by atoms with Crippen molar-refractivity contribution in [2.45, 2.75) is 13.1 Å². The van der Waals surface area contributed by atoms with Crippen molar-refractivity contribution < 1.29 is 38.3 Å². The van der Waals surface area contributed by atoms with E-state index in [4.69, 9.17) is 98.0 Å². The van der Waals surface area contributed by atoms with E-state index >= 15 is 0 Å². The summed E-state index contributed by atoms with van der Waals surface area (Å²) in [6, 6.07) is 4.72. The second-order valence-corrected chi connectivity index (χ2v) is 16.0. The van der Waals surface area contributed by atoms with E-state index in [1.165, 1.54) is 55.1 Å². The molecule has 0 fully saturated rings. The molecule has 0 bridgehead atoms. The fraction of sp³-hybridized carbons (Fsp3) is 0.233. The van der Waals surface area contributed by atoms with Crippen molar-refractivity contribution in [1.82, 2.24) is 64.7 Å². The maximum Gasteiger partial charge on any atom is 0.278 e. The first-order valence-electron chi connectivity index (χ1n) is 19.9. The van der Waals surface area contributed by atoms with Crippen molar-refractivity contribution in [3.8, 4) is 58.1 Å². The molecule has 8 aromatic rings. The maximum absolute atomic E-state index is 12.3. The van der Waals surface area contributed by atoms with Crippen LogP contribution in [0.25, 0.3) is 55.9 Å². The van der Waals surface area contributed by atoms with Crippen molar-refractivity contribution in [3.63, 3.8) is 0 Å². The van der Waals surface area contributed by atoms with Crippen molar-refractivity contribution in [2.75, 3.05) is 55.8 Å². The van der Waals surface area contributed by atoms with Gasteiger partial charge < -0.3 is 48.0 Å². The number of carbonyl (C=O) groups is 1. The molecule has 0 atom stereocenters. The van der Waals surface area contributed by atoms with Crippen LogP contribution in [0.4, 0.5) is 0 Å². The van der Waals surface area contributed by atoms with Crippen LogP contribution in [0.5, 0.6) is 35.3 Å². The van der Waals surface area contributed by atoms with Gasteiger partial charge in [0.2, 0.25) is 0 Å². The molecular formula is C43H39Cl6N13O8. The lowest BCUT2D eigenvalue weighted by atomic mass is 10.1. The van der Waals surface area contributed by atoms with Crippen LogP contribution in [-0.4, -0.2) is 126 Å². The highest BCUT2D eigenvalue weighted by atomic mass is 35.5. The van der Waals surface area contributed by atoms with Crippen molar-refractivity contribution in [3.05, 3.63) is 91.9 Å². The van der Waals surface area contributed by atoms with Gasteiger partial charge in [0.25, 0.3) is 41.2 Å². The first-order chi connectivity index (χ1) is 33.7. The van der Waals surface area contributed by atoms with Crippen LogP contribution in [0.15, 0.2) is 56.2 Å². The monoisotopic (exact) mass is 1080 g/mol. The van der Waals surface area contributed by atoms with E-state index < -0.39 is 5.91 Å². The van der Waals surface area contributed by atoms with E-state index in [1.54, 1.807) is 39.7 Å². The molecule has 3 aromatic carbocycles. The molecule has 1 amide bonds. The third-order valence-electron chi connectivity index (χ3n) is 9.51. The van der Waals surface area contributed by atoms with Gasteiger partial charge in [0.1, 0.15) is 29.2 Å². The number of rotatable bonds is 15. The van der Waals surface area contributed by atoms with Gasteiger partial charge in [-0.1, -0.05) is 81.8 Å². The molecule has 0 unspecified atom stereocenters. The lowest BCUT2D eigenvalue weighted by Gasteiger charge is -2.13. The number of hydrogen-bond acceptors (Lipinski definition) is 18. The predicted octanol–water partition coefficient (Wildman–Crippen LogP) is 8.47. The minimum Gasteiger partial charge on any atom is -0.477 e. The minimum absolute atomic E-state index is 0.0794. The first kappa shape index (κ1) is 52.8. The number of nitrogens with zero attached hydrogens (tertiary/aromatic N) is 12. The van der Waals surface area contributed by atoms with E-state index in [-0.39, 0.29) is 74.6 Å². The molecule has 8 rings (SSSR count). The van der Waals surface area contributed by atoms with Gasteiger partial charge in [-0.2, -0.15) is 0 Å². The molecule has 21 nitrogen and oxygen atoms in total. The first-order valence-corrected chi connectivity index (χ1v) is 22.2. The number of methoxy groups -OCH3 is 6. The third-order valence-corrected chi connectivity index (χ3v) is 11.9. The molecule has 2 N–H and O–H groups in total. The van der Waals surface area contributed by atoms with Crippen molar-refractivity contribution >= 4 is 109 Å². The number of allylic oxidation sites excluding steroid dienone is 1. The summed E-state index contributed by atoms with van der Waals surface area (Å²) in [5, 5.41) is 29.3. The largest absolute Gasteiger partial charge is 0.477 e. The molecule has 0 saturated carbocycles. The number of halogens is 6. The summed E-state index contributed by atoms with van der Waals surface area (Å²) in [7, 11) is 8.76. The molecule has 0 radical (unpaired) electrons. The fourth-order valence-electron chi connectivity index (χ4n) is 6.43. The zero-order valence-corrected chi connectivity index (χ0v) is 42.3. The van der Waals surface area contributed by atoms with Crippen LogP contribution in [0.3, 0.4) is 0 Å². The van der Waals surface area contributed by atoms with Gasteiger partial charge >= 0.3 is 0 Å². The summed E-state index contributed by atoms with van der Waals surface area (Å²) in [6.45, 7) is 8.27. The SMILES string of the molecule is C=CCNC(=O)c1c(Cl)c(Cl)cc2nc(OC)c(OC)nc12.C=CCn1cnnc1-c1c(Cl)c(Cl)cc2nc(OC)c(OC)nc12.COc1nc2cc(Cl)c(Cl)c(-c3nncn3CCO)c2nc1OC. The summed E-state index contributed by atoms with van der Waals surface area (Å²) in [4.78, 5) is 38.4. The molecule has 0 aliphatic rings. The molecule has 5 heterocycles.